The van der Waals surface area contributed by atoms with Crippen LogP contribution in [0.5, 0.6) is 0 Å². The van der Waals surface area contributed by atoms with Gasteiger partial charge in [-0.25, -0.2) is 0 Å². The predicted octanol–water partition coefficient (Wildman–Crippen LogP) is 0.924. The van der Waals surface area contributed by atoms with Gasteiger partial charge < -0.3 is 10.2 Å². The Balaban J connectivity index is 2.15. The van der Waals surface area contributed by atoms with Crippen molar-refractivity contribution in [3.05, 3.63) is 10.6 Å². The molecule has 0 aromatic carbocycles. The highest BCUT2D eigenvalue weighted by Gasteiger charge is 2.30. The predicted molar refractivity (Wildman–Crippen MR) is 67.3 cm³/mol. The van der Waals surface area contributed by atoms with Crippen LogP contribution in [0.2, 0.25) is 0 Å². The van der Waals surface area contributed by atoms with Gasteiger partial charge in [-0.05, 0) is 24.4 Å². The lowest BCUT2D eigenvalue weighted by atomic mass is 10.1. The number of rotatable bonds is 5. The second kappa shape index (κ2) is 5.55. The van der Waals surface area contributed by atoms with E-state index in [0.29, 0.717) is 10.9 Å². The molecule has 17 heavy (non-hydrogen) atoms. The van der Waals surface area contributed by atoms with Crippen LogP contribution in [0, 0.1) is 0 Å². The molecule has 1 saturated heterocycles. The second-order valence-corrected chi connectivity index (χ2v) is 4.97. The van der Waals surface area contributed by atoms with Crippen LogP contribution in [-0.4, -0.2) is 46.1 Å². The molecular weight excluding hydrogens is 236 g/mol. The Morgan fingerprint density at radius 1 is 1.53 bits per heavy atom. The highest BCUT2D eigenvalue weighted by Crippen LogP contribution is 2.17. The third-order valence-corrected chi connectivity index (χ3v) is 3.77. The van der Waals surface area contributed by atoms with Crippen molar-refractivity contribution in [2.75, 3.05) is 19.6 Å². The molecule has 1 aromatic heterocycles. The van der Waals surface area contributed by atoms with Crippen molar-refractivity contribution in [1.82, 2.24) is 19.8 Å². The third-order valence-electron chi connectivity index (χ3n) is 3.01. The molecule has 94 valence electrons. The SMILES string of the molecule is CCCN(C(=O)c1snnc1CC)C1CNC1. The fourth-order valence-electron chi connectivity index (χ4n) is 1.92. The quantitative estimate of drug-likeness (QED) is 0.849. The summed E-state index contributed by atoms with van der Waals surface area (Å²) in [6, 6.07) is 0.342. The van der Waals surface area contributed by atoms with Gasteiger partial charge in [0.15, 0.2) is 0 Å². The number of nitrogens with zero attached hydrogens (tertiary/aromatic N) is 3. The fraction of sp³-hybridized carbons (Fsp3) is 0.727. The Kier molecular flexibility index (Phi) is 4.06. The molecule has 1 aromatic rings. The van der Waals surface area contributed by atoms with Crippen LogP contribution in [-0.2, 0) is 6.42 Å². The molecule has 2 heterocycles. The molecule has 1 aliphatic rings. The first-order valence-electron chi connectivity index (χ1n) is 6.10. The Bertz CT molecular complexity index is 389. The van der Waals surface area contributed by atoms with Gasteiger partial charge in [-0.1, -0.05) is 18.3 Å². The maximum atomic E-state index is 12.4. The lowest BCUT2D eigenvalue weighted by Crippen LogP contribution is -2.59. The molecule has 0 bridgehead atoms. The molecule has 6 heteroatoms. The van der Waals surface area contributed by atoms with Gasteiger partial charge in [0.1, 0.15) is 4.88 Å². The normalized spacial score (nSPS) is 15.6. The molecule has 0 radical (unpaired) electrons. The van der Waals surface area contributed by atoms with Crippen molar-refractivity contribution < 1.29 is 4.79 Å². The van der Waals surface area contributed by atoms with Crippen LogP contribution in [0.3, 0.4) is 0 Å². The first kappa shape index (κ1) is 12.4. The number of carbonyl (C=O) groups excluding carboxylic acids is 1. The van der Waals surface area contributed by atoms with E-state index < -0.39 is 0 Å². The molecule has 0 spiro atoms. The van der Waals surface area contributed by atoms with Gasteiger partial charge in [-0.2, -0.15) is 0 Å². The number of nitrogens with one attached hydrogen (secondary N) is 1. The van der Waals surface area contributed by atoms with Crippen molar-refractivity contribution in [3.63, 3.8) is 0 Å². The summed E-state index contributed by atoms with van der Waals surface area (Å²) >= 11 is 1.22. The molecule has 0 aliphatic carbocycles. The number of hydrogen-bond donors (Lipinski definition) is 1. The first-order chi connectivity index (χ1) is 8.27. The average molecular weight is 254 g/mol. The topological polar surface area (TPSA) is 58.1 Å². The summed E-state index contributed by atoms with van der Waals surface area (Å²) in [6.07, 6.45) is 1.75. The summed E-state index contributed by atoms with van der Waals surface area (Å²) < 4.78 is 3.89. The van der Waals surface area contributed by atoms with Crippen molar-refractivity contribution >= 4 is 17.4 Å². The standard InChI is InChI=1S/C11H18N4OS/c1-3-5-15(8-6-12-7-8)11(16)10-9(4-2)13-14-17-10/h8,12H,3-7H2,1-2H3. The van der Waals surface area contributed by atoms with E-state index in [1.807, 2.05) is 11.8 Å². The largest absolute Gasteiger partial charge is 0.332 e. The van der Waals surface area contributed by atoms with Crippen LogP contribution in [0.15, 0.2) is 0 Å². The maximum Gasteiger partial charge on any atom is 0.267 e. The lowest BCUT2D eigenvalue weighted by molar-refractivity contribution is 0.0619. The van der Waals surface area contributed by atoms with Gasteiger partial charge in [0.25, 0.3) is 5.91 Å². The fourth-order valence-corrected chi connectivity index (χ4v) is 2.62. The molecule has 0 unspecified atom stereocenters. The molecular formula is C11H18N4OS. The van der Waals surface area contributed by atoms with Gasteiger partial charge in [0.2, 0.25) is 0 Å². The molecule has 0 atom stereocenters. The molecule has 1 fully saturated rings. The Hall–Kier alpha value is -1.01. The van der Waals surface area contributed by atoms with Crippen LogP contribution in [0.1, 0.15) is 35.6 Å². The molecule has 5 nitrogen and oxygen atoms in total. The zero-order valence-corrected chi connectivity index (χ0v) is 11.1. The number of amides is 1. The van der Waals surface area contributed by atoms with Crippen molar-refractivity contribution in [2.45, 2.75) is 32.7 Å². The maximum absolute atomic E-state index is 12.4. The van der Waals surface area contributed by atoms with Crippen molar-refractivity contribution in [3.8, 4) is 0 Å². The van der Waals surface area contributed by atoms with Gasteiger partial charge in [0.05, 0.1) is 11.7 Å². The van der Waals surface area contributed by atoms with E-state index in [4.69, 9.17) is 0 Å². The van der Waals surface area contributed by atoms with Crippen LogP contribution in [0.4, 0.5) is 0 Å². The van der Waals surface area contributed by atoms with E-state index >= 15 is 0 Å². The number of carbonyl (C=O) groups is 1. The van der Waals surface area contributed by atoms with Crippen LogP contribution in [0.25, 0.3) is 0 Å². The summed E-state index contributed by atoms with van der Waals surface area (Å²) in [5, 5.41) is 7.21. The minimum absolute atomic E-state index is 0.102. The van der Waals surface area contributed by atoms with Crippen molar-refractivity contribution in [1.29, 1.82) is 0 Å². The minimum atomic E-state index is 0.102. The Morgan fingerprint density at radius 2 is 2.29 bits per heavy atom. The number of aromatic nitrogens is 2. The molecule has 1 amide bonds. The van der Waals surface area contributed by atoms with Gasteiger partial charge in [-0.15, -0.1) is 5.10 Å². The zero-order valence-electron chi connectivity index (χ0n) is 10.3. The lowest BCUT2D eigenvalue weighted by Gasteiger charge is -2.38. The second-order valence-electron chi connectivity index (χ2n) is 4.21. The molecule has 1 aliphatic heterocycles. The van der Waals surface area contributed by atoms with E-state index in [2.05, 4.69) is 21.8 Å². The summed E-state index contributed by atoms with van der Waals surface area (Å²) in [5.74, 6) is 0.102. The van der Waals surface area contributed by atoms with Gasteiger partial charge >= 0.3 is 0 Å². The van der Waals surface area contributed by atoms with Crippen LogP contribution < -0.4 is 5.32 Å². The number of hydrogen-bond acceptors (Lipinski definition) is 5. The molecule has 0 saturated carbocycles. The third kappa shape index (κ3) is 2.47. The van der Waals surface area contributed by atoms with E-state index in [-0.39, 0.29) is 5.91 Å². The Morgan fingerprint density at radius 3 is 2.82 bits per heavy atom. The van der Waals surface area contributed by atoms with Crippen LogP contribution >= 0.6 is 11.5 Å². The molecule has 1 N–H and O–H groups in total. The Labute approximate surface area is 105 Å². The van der Waals surface area contributed by atoms with E-state index in [1.54, 1.807) is 0 Å². The van der Waals surface area contributed by atoms with Crippen molar-refractivity contribution in [2.24, 2.45) is 0 Å². The van der Waals surface area contributed by atoms with Gasteiger partial charge in [-0.3, -0.25) is 4.79 Å². The van der Waals surface area contributed by atoms with E-state index in [9.17, 15) is 4.79 Å². The summed E-state index contributed by atoms with van der Waals surface area (Å²) in [5.41, 5.74) is 0.827. The van der Waals surface area contributed by atoms with Gasteiger partial charge in [0, 0.05) is 19.6 Å². The highest BCUT2D eigenvalue weighted by molar-refractivity contribution is 7.08. The average Bonchev–Trinajstić information content (AvgIpc) is 2.73. The molecule has 2 rings (SSSR count). The summed E-state index contributed by atoms with van der Waals surface area (Å²) in [4.78, 5) is 15.1. The summed E-state index contributed by atoms with van der Waals surface area (Å²) in [6.45, 7) is 6.71. The highest BCUT2D eigenvalue weighted by atomic mass is 32.1. The smallest absolute Gasteiger partial charge is 0.267 e. The monoisotopic (exact) mass is 254 g/mol. The summed E-state index contributed by atoms with van der Waals surface area (Å²) in [7, 11) is 0. The number of aryl methyl sites for hydroxylation is 1. The zero-order chi connectivity index (χ0) is 12.3. The van der Waals surface area contributed by atoms with E-state index in [0.717, 1.165) is 38.2 Å². The first-order valence-corrected chi connectivity index (χ1v) is 6.88. The van der Waals surface area contributed by atoms with E-state index in [1.165, 1.54) is 11.5 Å². The minimum Gasteiger partial charge on any atom is -0.332 e.